The van der Waals surface area contributed by atoms with E-state index in [9.17, 15) is 13.2 Å². The second-order valence-corrected chi connectivity index (χ2v) is 10.9. The Hall–Kier alpha value is -1.48. The van der Waals surface area contributed by atoms with Gasteiger partial charge in [-0.2, -0.15) is 4.31 Å². The van der Waals surface area contributed by atoms with Crippen molar-refractivity contribution in [3.63, 3.8) is 0 Å². The molecule has 29 heavy (non-hydrogen) atoms. The van der Waals surface area contributed by atoms with Crippen LogP contribution in [0.1, 0.15) is 38.7 Å². The first-order chi connectivity index (χ1) is 13.8. The molecule has 0 bridgehead atoms. The van der Waals surface area contributed by atoms with Crippen molar-refractivity contribution in [1.29, 1.82) is 0 Å². The Kier molecular flexibility index (Phi) is 5.48. The zero-order valence-electron chi connectivity index (χ0n) is 17.3. The molecule has 0 N–H and O–H groups in total. The van der Waals surface area contributed by atoms with E-state index in [1.54, 1.807) is 4.90 Å². The molecule has 0 saturated carbocycles. The van der Waals surface area contributed by atoms with Crippen LogP contribution in [0.15, 0.2) is 30.3 Å². The Bertz CT molecular complexity index is 852. The molecule has 3 heterocycles. The SMILES string of the molecule is CCCS(=O)(=O)N1CC(=O)N2CC3(CCN(Cc4ccccc4)CC3)OC2(C)C1. The number of hydrogen-bond donors (Lipinski definition) is 0. The van der Waals surface area contributed by atoms with Gasteiger partial charge in [-0.05, 0) is 31.7 Å². The molecule has 3 fully saturated rings. The molecule has 1 unspecified atom stereocenters. The van der Waals surface area contributed by atoms with Crippen LogP contribution >= 0.6 is 0 Å². The largest absolute Gasteiger partial charge is 0.346 e. The molecule has 3 aliphatic heterocycles. The van der Waals surface area contributed by atoms with Crippen LogP contribution in [-0.2, 0) is 26.1 Å². The van der Waals surface area contributed by atoms with Crippen LogP contribution in [0.5, 0.6) is 0 Å². The Balaban J connectivity index is 1.43. The first-order valence-electron chi connectivity index (χ1n) is 10.5. The zero-order valence-corrected chi connectivity index (χ0v) is 18.2. The Morgan fingerprint density at radius 2 is 1.79 bits per heavy atom. The molecular weight excluding hydrogens is 390 g/mol. The summed E-state index contributed by atoms with van der Waals surface area (Å²) in [5.41, 5.74) is 0.0481. The molecule has 3 saturated heterocycles. The third-order valence-electron chi connectivity index (χ3n) is 6.41. The maximum atomic E-state index is 12.8. The number of likely N-dealkylation sites (tertiary alicyclic amines) is 1. The van der Waals surface area contributed by atoms with E-state index in [1.807, 2.05) is 19.9 Å². The summed E-state index contributed by atoms with van der Waals surface area (Å²) in [5, 5.41) is 0. The van der Waals surface area contributed by atoms with E-state index in [0.29, 0.717) is 13.0 Å². The van der Waals surface area contributed by atoms with Crippen molar-refractivity contribution in [1.82, 2.24) is 14.1 Å². The average Bonchev–Trinajstić information content (AvgIpc) is 2.97. The van der Waals surface area contributed by atoms with Crippen molar-refractivity contribution < 1.29 is 17.9 Å². The van der Waals surface area contributed by atoms with Crippen molar-refractivity contribution in [2.45, 2.75) is 51.0 Å². The first kappa shape index (κ1) is 20.8. The van der Waals surface area contributed by atoms with E-state index in [4.69, 9.17) is 4.74 Å². The molecular formula is C21H31N3O4S. The second kappa shape index (κ2) is 7.65. The number of piperidine rings is 1. The normalized spacial score (nSPS) is 28.1. The van der Waals surface area contributed by atoms with Crippen molar-refractivity contribution in [3.8, 4) is 0 Å². The minimum absolute atomic E-state index is 0.0654. The van der Waals surface area contributed by atoms with E-state index >= 15 is 0 Å². The number of nitrogens with zero attached hydrogens (tertiary/aromatic N) is 3. The molecule has 0 aromatic heterocycles. The first-order valence-corrected chi connectivity index (χ1v) is 12.1. The number of sulfonamides is 1. The molecule has 8 heteroatoms. The predicted molar refractivity (Wildman–Crippen MR) is 111 cm³/mol. The van der Waals surface area contributed by atoms with Gasteiger partial charge in [-0.15, -0.1) is 0 Å². The standard InChI is InChI=1S/C21H31N3O4S/c1-3-13-29(26,27)23-15-19(25)24-17-21(28-20(24,2)16-23)9-11-22(12-10-21)14-18-7-5-4-6-8-18/h4-8H,3,9-17H2,1-2H3. The van der Waals surface area contributed by atoms with E-state index < -0.39 is 15.7 Å². The van der Waals surface area contributed by atoms with Crippen LogP contribution in [0.4, 0.5) is 0 Å². The van der Waals surface area contributed by atoms with Gasteiger partial charge in [-0.1, -0.05) is 37.3 Å². The molecule has 1 amide bonds. The minimum Gasteiger partial charge on any atom is -0.346 e. The van der Waals surface area contributed by atoms with Gasteiger partial charge in [0.05, 0.1) is 31.0 Å². The highest BCUT2D eigenvalue weighted by Gasteiger charge is 2.58. The minimum atomic E-state index is -3.43. The smallest absolute Gasteiger partial charge is 0.240 e. The lowest BCUT2D eigenvalue weighted by Crippen LogP contribution is -2.62. The summed E-state index contributed by atoms with van der Waals surface area (Å²) >= 11 is 0. The third-order valence-corrected chi connectivity index (χ3v) is 8.38. The van der Waals surface area contributed by atoms with Crippen LogP contribution in [0.2, 0.25) is 0 Å². The maximum absolute atomic E-state index is 12.8. The quantitative estimate of drug-likeness (QED) is 0.723. The number of rotatable bonds is 5. The summed E-state index contributed by atoms with van der Waals surface area (Å²) in [4.78, 5) is 17.0. The van der Waals surface area contributed by atoms with Crippen LogP contribution in [0.3, 0.4) is 0 Å². The number of benzene rings is 1. The third kappa shape index (κ3) is 4.08. The molecule has 1 aromatic carbocycles. The van der Waals surface area contributed by atoms with Crippen LogP contribution in [-0.4, -0.2) is 78.2 Å². The predicted octanol–water partition coefficient (Wildman–Crippen LogP) is 1.65. The summed E-state index contributed by atoms with van der Waals surface area (Å²) in [6.45, 7) is 7.14. The molecule has 160 valence electrons. The average molecular weight is 422 g/mol. The Labute approximate surface area is 173 Å². The molecule has 0 aliphatic carbocycles. The molecule has 0 radical (unpaired) electrons. The second-order valence-electron chi connectivity index (χ2n) is 8.79. The Morgan fingerprint density at radius 3 is 2.45 bits per heavy atom. The lowest BCUT2D eigenvalue weighted by atomic mass is 9.91. The fourth-order valence-electron chi connectivity index (χ4n) is 4.90. The van der Waals surface area contributed by atoms with Crippen LogP contribution in [0.25, 0.3) is 0 Å². The molecule has 3 aliphatic rings. The van der Waals surface area contributed by atoms with Crippen molar-refractivity contribution >= 4 is 15.9 Å². The van der Waals surface area contributed by atoms with Crippen LogP contribution < -0.4 is 0 Å². The van der Waals surface area contributed by atoms with Gasteiger partial charge in [0.1, 0.15) is 0 Å². The molecule has 1 atom stereocenters. The summed E-state index contributed by atoms with van der Waals surface area (Å²) in [5.74, 6) is -0.0855. The van der Waals surface area contributed by atoms with Gasteiger partial charge in [0, 0.05) is 19.6 Å². The highest BCUT2D eigenvalue weighted by molar-refractivity contribution is 7.89. The summed E-state index contributed by atoms with van der Waals surface area (Å²) < 4.78 is 32.9. The number of amides is 1. The number of fused-ring (bicyclic) bond motifs is 1. The highest BCUT2D eigenvalue weighted by Crippen LogP contribution is 2.43. The number of ether oxygens (including phenoxy) is 1. The van der Waals surface area contributed by atoms with Crippen molar-refractivity contribution in [3.05, 3.63) is 35.9 Å². The van der Waals surface area contributed by atoms with Crippen molar-refractivity contribution in [2.24, 2.45) is 0 Å². The zero-order chi connectivity index (χ0) is 20.7. The fraction of sp³-hybridized carbons (Fsp3) is 0.667. The lowest BCUT2D eigenvalue weighted by molar-refractivity contribution is -0.174. The monoisotopic (exact) mass is 421 g/mol. The van der Waals surface area contributed by atoms with Crippen LogP contribution in [0, 0.1) is 0 Å². The summed E-state index contributed by atoms with van der Waals surface area (Å²) in [7, 11) is -3.43. The van der Waals surface area contributed by atoms with Gasteiger partial charge in [-0.3, -0.25) is 9.69 Å². The molecule has 1 aromatic rings. The molecule has 4 rings (SSSR count). The van der Waals surface area contributed by atoms with Gasteiger partial charge < -0.3 is 9.64 Å². The topological polar surface area (TPSA) is 70.2 Å². The van der Waals surface area contributed by atoms with E-state index in [1.165, 1.54) is 9.87 Å². The van der Waals surface area contributed by atoms with E-state index in [2.05, 4.69) is 29.2 Å². The summed E-state index contributed by atoms with van der Waals surface area (Å²) in [6.07, 6.45) is 2.23. The summed E-state index contributed by atoms with van der Waals surface area (Å²) in [6, 6.07) is 10.4. The van der Waals surface area contributed by atoms with Gasteiger partial charge in [0.2, 0.25) is 15.9 Å². The Morgan fingerprint density at radius 1 is 1.10 bits per heavy atom. The van der Waals surface area contributed by atoms with Gasteiger partial charge in [0.15, 0.2) is 5.72 Å². The maximum Gasteiger partial charge on any atom is 0.240 e. The van der Waals surface area contributed by atoms with Gasteiger partial charge in [-0.25, -0.2) is 8.42 Å². The number of piperazine rings is 1. The van der Waals surface area contributed by atoms with E-state index in [0.717, 1.165) is 32.5 Å². The lowest BCUT2D eigenvalue weighted by Gasteiger charge is -2.43. The van der Waals surface area contributed by atoms with Crippen molar-refractivity contribution in [2.75, 3.05) is 38.5 Å². The number of hydrogen-bond acceptors (Lipinski definition) is 5. The number of carbonyl (C=O) groups is 1. The van der Waals surface area contributed by atoms with Gasteiger partial charge in [0.25, 0.3) is 0 Å². The van der Waals surface area contributed by atoms with E-state index in [-0.39, 0.29) is 30.4 Å². The fourth-order valence-corrected chi connectivity index (χ4v) is 6.42. The highest BCUT2D eigenvalue weighted by atomic mass is 32.2. The van der Waals surface area contributed by atoms with Gasteiger partial charge >= 0.3 is 0 Å². The number of carbonyl (C=O) groups excluding carboxylic acids is 1. The molecule has 7 nitrogen and oxygen atoms in total. The molecule has 1 spiro atoms.